The zero-order valence-corrected chi connectivity index (χ0v) is 11.3. The molecule has 0 bridgehead atoms. The average Bonchev–Trinajstić information content (AvgIpc) is 2.84. The molecule has 0 spiro atoms. The van der Waals surface area contributed by atoms with E-state index in [0.29, 0.717) is 10.7 Å². The number of hydrogen-bond donors (Lipinski definition) is 1. The third-order valence-electron chi connectivity index (χ3n) is 2.54. The number of nitrogens with one attached hydrogen (secondary N) is 1. The Morgan fingerprint density at radius 1 is 1.32 bits per heavy atom. The van der Waals surface area contributed by atoms with Crippen molar-refractivity contribution in [3.05, 3.63) is 40.7 Å². The number of aryl methyl sites for hydroxylation is 1. The van der Waals surface area contributed by atoms with Crippen molar-refractivity contribution in [3.63, 3.8) is 0 Å². The van der Waals surface area contributed by atoms with E-state index >= 15 is 0 Å². The minimum atomic E-state index is -0.366. The van der Waals surface area contributed by atoms with Crippen LogP contribution in [0.2, 0.25) is 0 Å². The van der Waals surface area contributed by atoms with E-state index in [1.807, 2.05) is 0 Å². The summed E-state index contributed by atoms with van der Waals surface area (Å²) in [5.41, 5.74) is 0.395. The molecule has 1 heterocycles. The minimum Gasteiger partial charge on any atom is -0.296 e. The van der Waals surface area contributed by atoms with Crippen LogP contribution in [-0.4, -0.2) is 16.1 Å². The van der Waals surface area contributed by atoms with Crippen molar-refractivity contribution in [2.75, 3.05) is 5.32 Å². The Labute approximate surface area is 114 Å². The lowest BCUT2D eigenvalue weighted by Crippen LogP contribution is -2.11. The Hall–Kier alpha value is -1.82. The highest BCUT2D eigenvalue weighted by atomic mass is 32.1. The van der Waals surface area contributed by atoms with Crippen molar-refractivity contribution in [2.45, 2.75) is 26.2 Å². The molecule has 0 radical (unpaired) electrons. The number of carbonyl (C=O) groups is 1. The second-order valence-corrected chi connectivity index (χ2v) is 5.13. The van der Waals surface area contributed by atoms with Crippen molar-refractivity contribution >= 4 is 22.4 Å². The number of rotatable bonds is 5. The number of unbranched alkanes of at least 4 members (excludes halogenated alkanes) is 1. The molecular formula is C13H14FN3OS. The molecule has 6 heteroatoms. The van der Waals surface area contributed by atoms with Gasteiger partial charge in [0.25, 0.3) is 5.91 Å². The number of nitrogens with zero attached hydrogens (tertiary/aromatic N) is 2. The number of halogens is 1. The lowest BCUT2D eigenvalue weighted by Gasteiger charge is -2.00. The smallest absolute Gasteiger partial charge is 0.257 e. The Balaban J connectivity index is 1.98. The van der Waals surface area contributed by atoms with Crippen molar-refractivity contribution < 1.29 is 9.18 Å². The minimum absolute atomic E-state index is 0.307. The fourth-order valence-corrected chi connectivity index (χ4v) is 2.28. The first-order chi connectivity index (χ1) is 9.19. The molecule has 1 amide bonds. The summed E-state index contributed by atoms with van der Waals surface area (Å²) in [6, 6.07) is 5.37. The average molecular weight is 279 g/mol. The van der Waals surface area contributed by atoms with Crippen LogP contribution in [0.3, 0.4) is 0 Å². The molecule has 0 aliphatic heterocycles. The van der Waals surface area contributed by atoms with Crippen LogP contribution >= 0.6 is 11.3 Å². The van der Waals surface area contributed by atoms with Gasteiger partial charge in [-0.25, -0.2) is 4.39 Å². The van der Waals surface area contributed by atoms with E-state index in [1.54, 1.807) is 0 Å². The molecule has 0 unspecified atom stereocenters. The molecule has 100 valence electrons. The van der Waals surface area contributed by atoms with Crippen molar-refractivity contribution in [3.8, 4) is 0 Å². The predicted molar refractivity (Wildman–Crippen MR) is 72.9 cm³/mol. The molecular weight excluding hydrogens is 265 g/mol. The monoisotopic (exact) mass is 279 g/mol. The second-order valence-electron chi connectivity index (χ2n) is 4.07. The van der Waals surface area contributed by atoms with Gasteiger partial charge in [0.05, 0.1) is 0 Å². The number of aromatic nitrogens is 2. The molecule has 0 saturated carbocycles. The Morgan fingerprint density at radius 3 is 2.74 bits per heavy atom. The SMILES string of the molecule is CCCCc1nnc(NC(=O)c2ccc(F)cc2)s1. The van der Waals surface area contributed by atoms with Gasteiger partial charge in [0.1, 0.15) is 10.8 Å². The predicted octanol–water partition coefficient (Wildman–Crippen LogP) is 3.27. The fourth-order valence-electron chi connectivity index (χ4n) is 1.50. The quantitative estimate of drug-likeness (QED) is 0.913. The lowest BCUT2D eigenvalue weighted by molar-refractivity contribution is 0.102. The molecule has 0 aliphatic carbocycles. The molecule has 1 aromatic heterocycles. The van der Waals surface area contributed by atoms with Crippen molar-refractivity contribution in [2.24, 2.45) is 0 Å². The largest absolute Gasteiger partial charge is 0.296 e. The van der Waals surface area contributed by atoms with Gasteiger partial charge in [0.15, 0.2) is 0 Å². The van der Waals surface area contributed by atoms with Crippen LogP contribution in [0.4, 0.5) is 9.52 Å². The number of benzene rings is 1. The van der Waals surface area contributed by atoms with E-state index in [1.165, 1.54) is 35.6 Å². The third kappa shape index (κ3) is 3.82. The molecule has 0 aliphatic rings. The van der Waals surface area contributed by atoms with E-state index in [-0.39, 0.29) is 11.7 Å². The van der Waals surface area contributed by atoms with Crippen LogP contribution in [0.5, 0.6) is 0 Å². The standard InChI is InChI=1S/C13H14FN3OS/c1-2-3-4-11-16-17-13(19-11)15-12(18)9-5-7-10(14)8-6-9/h5-8H,2-4H2,1H3,(H,15,17,18). The first kappa shape index (κ1) is 13.6. The molecule has 19 heavy (non-hydrogen) atoms. The second kappa shape index (κ2) is 6.38. The van der Waals surface area contributed by atoms with Crippen molar-refractivity contribution in [1.29, 1.82) is 0 Å². The maximum atomic E-state index is 12.7. The summed E-state index contributed by atoms with van der Waals surface area (Å²) >= 11 is 1.37. The van der Waals surface area contributed by atoms with E-state index in [4.69, 9.17) is 0 Å². The summed E-state index contributed by atoms with van der Waals surface area (Å²) in [6.07, 6.45) is 3.03. The van der Waals surface area contributed by atoms with Crippen LogP contribution in [-0.2, 0) is 6.42 Å². The van der Waals surface area contributed by atoms with E-state index < -0.39 is 0 Å². The molecule has 2 aromatic rings. The molecule has 0 atom stereocenters. The van der Waals surface area contributed by atoms with Gasteiger partial charge in [-0.15, -0.1) is 10.2 Å². The summed E-state index contributed by atoms with van der Waals surface area (Å²) in [4.78, 5) is 11.9. The molecule has 0 saturated heterocycles. The maximum absolute atomic E-state index is 12.7. The van der Waals surface area contributed by atoms with Gasteiger partial charge in [-0.2, -0.15) is 0 Å². The van der Waals surface area contributed by atoms with E-state index in [0.717, 1.165) is 24.3 Å². The van der Waals surface area contributed by atoms with Crippen LogP contribution in [0.15, 0.2) is 24.3 Å². The number of amides is 1. The summed E-state index contributed by atoms with van der Waals surface area (Å²) in [6.45, 7) is 2.11. The van der Waals surface area contributed by atoms with Gasteiger partial charge >= 0.3 is 0 Å². The summed E-state index contributed by atoms with van der Waals surface area (Å²) < 4.78 is 12.7. The van der Waals surface area contributed by atoms with E-state index in [9.17, 15) is 9.18 Å². The van der Waals surface area contributed by atoms with Crippen LogP contribution in [0, 0.1) is 5.82 Å². The summed E-state index contributed by atoms with van der Waals surface area (Å²) in [5.74, 6) is -0.674. The molecule has 4 nitrogen and oxygen atoms in total. The molecule has 1 N–H and O–H groups in total. The van der Waals surface area contributed by atoms with Crippen LogP contribution < -0.4 is 5.32 Å². The van der Waals surface area contributed by atoms with Gasteiger partial charge in [-0.05, 0) is 30.7 Å². The van der Waals surface area contributed by atoms with Gasteiger partial charge < -0.3 is 0 Å². The van der Waals surface area contributed by atoms with Crippen LogP contribution in [0.1, 0.15) is 35.1 Å². The fraction of sp³-hybridized carbons (Fsp3) is 0.308. The zero-order valence-electron chi connectivity index (χ0n) is 10.5. The van der Waals surface area contributed by atoms with Crippen LogP contribution in [0.25, 0.3) is 0 Å². The topological polar surface area (TPSA) is 54.9 Å². The van der Waals surface area contributed by atoms with Gasteiger partial charge in [-0.3, -0.25) is 10.1 Å². The van der Waals surface area contributed by atoms with E-state index in [2.05, 4.69) is 22.4 Å². The lowest BCUT2D eigenvalue weighted by atomic mass is 10.2. The van der Waals surface area contributed by atoms with Gasteiger partial charge in [0.2, 0.25) is 5.13 Å². The summed E-state index contributed by atoms with van der Waals surface area (Å²) in [5, 5.41) is 12.0. The van der Waals surface area contributed by atoms with Gasteiger partial charge in [0, 0.05) is 12.0 Å². The summed E-state index contributed by atoms with van der Waals surface area (Å²) in [7, 11) is 0. The maximum Gasteiger partial charge on any atom is 0.257 e. The highest BCUT2D eigenvalue weighted by Gasteiger charge is 2.10. The number of hydrogen-bond acceptors (Lipinski definition) is 4. The third-order valence-corrected chi connectivity index (χ3v) is 3.44. The molecule has 2 rings (SSSR count). The Bertz CT molecular complexity index is 553. The first-order valence-electron chi connectivity index (χ1n) is 6.08. The van der Waals surface area contributed by atoms with Crippen molar-refractivity contribution in [1.82, 2.24) is 10.2 Å². The Kier molecular flexibility index (Phi) is 4.57. The molecule has 1 aromatic carbocycles. The number of carbonyl (C=O) groups excluding carboxylic acids is 1. The molecule has 0 fully saturated rings. The zero-order chi connectivity index (χ0) is 13.7. The number of anilines is 1. The highest BCUT2D eigenvalue weighted by molar-refractivity contribution is 7.15. The first-order valence-corrected chi connectivity index (χ1v) is 6.90. The Morgan fingerprint density at radius 2 is 2.05 bits per heavy atom. The van der Waals surface area contributed by atoms with Gasteiger partial charge in [-0.1, -0.05) is 24.7 Å². The highest BCUT2D eigenvalue weighted by Crippen LogP contribution is 2.18. The normalized spacial score (nSPS) is 10.4.